The van der Waals surface area contributed by atoms with Gasteiger partial charge >= 0.3 is 0 Å². The summed E-state index contributed by atoms with van der Waals surface area (Å²) in [6.45, 7) is 4.37. The standard InChI is InChI=1S/C25H32N4O3/c1-17(25(30)26-13-10-18-8-9-22(31-2)23(16-18)32-3)29-14-11-19(12-15-29)24-27-20-6-4-5-7-21(20)28-24/h4-9,16-17,19H,10-15H2,1-3H3,(H,26,30)(H,27,28). The number of nitrogens with one attached hydrogen (secondary N) is 2. The Morgan fingerprint density at radius 2 is 1.91 bits per heavy atom. The highest BCUT2D eigenvalue weighted by Crippen LogP contribution is 2.29. The second-order valence-corrected chi connectivity index (χ2v) is 8.36. The fourth-order valence-electron chi connectivity index (χ4n) is 4.41. The lowest BCUT2D eigenvalue weighted by atomic mass is 9.95. The zero-order valence-electron chi connectivity index (χ0n) is 19.1. The Labute approximate surface area is 189 Å². The van der Waals surface area contributed by atoms with E-state index in [4.69, 9.17) is 14.5 Å². The molecule has 0 bridgehead atoms. The molecule has 0 saturated carbocycles. The molecular formula is C25H32N4O3. The minimum absolute atomic E-state index is 0.0765. The number of hydrogen-bond acceptors (Lipinski definition) is 5. The van der Waals surface area contributed by atoms with E-state index in [1.807, 2.05) is 43.3 Å². The summed E-state index contributed by atoms with van der Waals surface area (Å²) in [5.41, 5.74) is 3.21. The molecule has 7 nitrogen and oxygen atoms in total. The van der Waals surface area contributed by atoms with Crippen LogP contribution in [0.5, 0.6) is 11.5 Å². The van der Waals surface area contributed by atoms with E-state index in [0.29, 0.717) is 24.0 Å². The molecule has 32 heavy (non-hydrogen) atoms. The van der Waals surface area contributed by atoms with E-state index in [2.05, 4.69) is 21.3 Å². The lowest BCUT2D eigenvalue weighted by Crippen LogP contribution is -2.48. The maximum absolute atomic E-state index is 12.7. The molecule has 0 radical (unpaired) electrons. The average Bonchev–Trinajstić information content (AvgIpc) is 3.28. The van der Waals surface area contributed by atoms with Gasteiger partial charge in [-0.2, -0.15) is 0 Å². The summed E-state index contributed by atoms with van der Waals surface area (Å²) in [5, 5.41) is 3.08. The molecule has 1 amide bonds. The zero-order chi connectivity index (χ0) is 22.5. The van der Waals surface area contributed by atoms with Crippen molar-refractivity contribution in [1.82, 2.24) is 20.2 Å². The summed E-state index contributed by atoms with van der Waals surface area (Å²) in [6.07, 6.45) is 2.75. The number of para-hydroxylation sites is 2. The number of piperidine rings is 1. The van der Waals surface area contributed by atoms with Gasteiger partial charge in [-0.1, -0.05) is 18.2 Å². The van der Waals surface area contributed by atoms with Crippen molar-refractivity contribution in [2.75, 3.05) is 33.9 Å². The molecular weight excluding hydrogens is 404 g/mol. The summed E-state index contributed by atoms with van der Waals surface area (Å²) >= 11 is 0. The fourth-order valence-corrected chi connectivity index (χ4v) is 4.41. The number of methoxy groups -OCH3 is 2. The number of aromatic amines is 1. The van der Waals surface area contributed by atoms with Crippen LogP contribution >= 0.6 is 0 Å². The van der Waals surface area contributed by atoms with Gasteiger partial charge in [-0.15, -0.1) is 0 Å². The predicted octanol–water partition coefficient (Wildman–Crippen LogP) is 3.51. The minimum atomic E-state index is -0.142. The van der Waals surface area contributed by atoms with Crippen LogP contribution < -0.4 is 14.8 Å². The number of hydrogen-bond donors (Lipinski definition) is 2. The number of amides is 1. The second kappa shape index (κ2) is 10.0. The lowest BCUT2D eigenvalue weighted by molar-refractivity contribution is -0.126. The first kappa shape index (κ1) is 22.1. The van der Waals surface area contributed by atoms with Crippen LogP contribution in [0, 0.1) is 0 Å². The summed E-state index contributed by atoms with van der Waals surface area (Å²) in [4.78, 5) is 23.2. The van der Waals surface area contributed by atoms with Crippen molar-refractivity contribution in [3.8, 4) is 11.5 Å². The van der Waals surface area contributed by atoms with E-state index >= 15 is 0 Å². The zero-order valence-corrected chi connectivity index (χ0v) is 19.1. The van der Waals surface area contributed by atoms with Crippen molar-refractivity contribution in [3.05, 3.63) is 53.9 Å². The number of fused-ring (bicyclic) bond motifs is 1. The van der Waals surface area contributed by atoms with Crippen LogP contribution in [0.1, 0.15) is 37.1 Å². The number of nitrogens with zero attached hydrogens (tertiary/aromatic N) is 2. The van der Waals surface area contributed by atoms with Gasteiger partial charge in [-0.05, 0) is 69.1 Å². The molecule has 170 valence electrons. The molecule has 2 heterocycles. The summed E-state index contributed by atoms with van der Waals surface area (Å²) in [6, 6.07) is 13.9. The Balaban J connectivity index is 1.25. The van der Waals surface area contributed by atoms with Crippen LogP contribution in [0.25, 0.3) is 11.0 Å². The molecule has 7 heteroatoms. The fraction of sp³-hybridized carbons (Fsp3) is 0.440. The highest BCUT2D eigenvalue weighted by Gasteiger charge is 2.28. The monoisotopic (exact) mass is 436 g/mol. The van der Waals surface area contributed by atoms with E-state index in [-0.39, 0.29) is 11.9 Å². The van der Waals surface area contributed by atoms with Gasteiger partial charge in [0, 0.05) is 12.5 Å². The maximum Gasteiger partial charge on any atom is 0.237 e. The first-order chi connectivity index (χ1) is 15.6. The smallest absolute Gasteiger partial charge is 0.237 e. The van der Waals surface area contributed by atoms with E-state index in [9.17, 15) is 4.79 Å². The molecule has 4 rings (SSSR count). The molecule has 2 aromatic carbocycles. The van der Waals surface area contributed by atoms with Crippen LogP contribution in [-0.2, 0) is 11.2 Å². The summed E-state index contributed by atoms with van der Waals surface area (Å²) in [5.74, 6) is 2.97. The third kappa shape index (κ3) is 4.88. The Bertz CT molecular complexity index is 1020. The van der Waals surface area contributed by atoms with Crippen molar-refractivity contribution >= 4 is 16.9 Å². The van der Waals surface area contributed by atoms with Crippen molar-refractivity contribution in [3.63, 3.8) is 0 Å². The number of imidazole rings is 1. The van der Waals surface area contributed by atoms with Crippen molar-refractivity contribution in [2.45, 2.75) is 38.1 Å². The van der Waals surface area contributed by atoms with E-state index in [0.717, 1.165) is 54.8 Å². The van der Waals surface area contributed by atoms with E-state index in [1.54, 1.807) is 14.2 Å². The quantitative estimate of drug-likeness (QED) is 0.565. The topological polar surface area (TPSA) is 79.5 Å². The van der Waals surface area contributed by atoms with Crippen molar-refractivity contribution in [2.24, 2.45) is 0 Å². The van der Waals surface area contributed by atoms with Crippen molar-refractivity contribution < 1.29 is 14.3 Å². The van der Waals surface area contributed by atoms with Crippen LogP contribution in [0.2, 0.25) is 0 Å². The number of likely N-dealkylation sites (tertiary alicyclic amines) is 1. The predicted molar refractivity (Wildman–Crippen MR) is 125 cm³/mol. The second-order valence-electron chi connectivity index (χ2n) is 8.36. The van der Waals surface area contributed by atoms with Gasteiger partial charge in [-0.25, -0.2) is 4.98 Å². The highest BCUT2D eigenvalue weighted by molar-refractivity contribution is 5.81. The molecule has 1 saturated heterocycles. The van der Waals surface area contributed by atoms with Gasteiger partial charge in [0.1, 0.15) is 5.82 Å². The number of aromatic nitrogens is 2. The lowest BCUT2D eigenvalue weighted by Gasteiger charge is -2.34. The molecule has 0 aliphatic carbocycles. The van der Waals surface area contributed by atoms with Gasteiger partial charge in [0.25, 0.3) is 0 Å². The number of H-pyrrole nitrogens is 1. The van der Waals surface area contributed by atoms with Crippen LogP contribution in [0.15, 0.2) is 42.5 Å². The highest BCUT2D eigenvalue weighted by atomic mass is 16.5. The van der Waals surface area contributed by atoms with E-state index < -0.39 is 0 Å². The minimum Gasteiger partial charge on any atom is -0.493 e. The molecule has 3 aromatic rings. The Hall–Kier alpha value is -3.06. The number of carbonyl (C=O) groups is 1. The average molecular weight is 437 g/mol. The molecule has 0 spiro atoms. The molecule has 1 atom stereocenters. The Morgan fingerprint density at radius 3 is 2.62 bits per heavy atom. The van der Waals surface area contributed by atoms with Crippen LogP contribution in [0.3, 0.4) is 0 Å². The number of benzene rings is 2. The number of carbonyl (C=O) groups excluding carboxylic acids is 1. The van der Waals surface area contributed by atoms with Crippen molar-refractivity contribution in [1.29, 1.82) is 0 Å². The Morgan fingerprint density at radius 1 is 1.16 bits per heavy atom. The third-order valence-corrected chi connectivity index (χ3v) is 6.41. The molecule has 1 unspecified atom stereocenters. The van der Waals surface area contributed by atoms with Gasteiger partial charge in [-0.3, -0.25) is 9.69 Å². The summed E-state index contributed by atoms with van der Waals surface area (Å²) in [7, 11) is 3.25. The SMILES string of the molecule is COc1ccc(CCNC(=O)C(C)N2CCC(c3nc4ccccc4[nH]3)CC2)cc1OC. The molecule has 1 fully saturated rings. The van der Waals surface area contributed by atoms with E-state index in [1.165, 1.54) is 0 Å². The number of rotatable bonds is 8. The normalized spacial score (nSPS) is 16.1. The van der Waals surface area contributed by atoms with Gasteiger partial charge in [0.05, 0.1) is 31.3 Å². The van der Waals surface area contributed by atoms with Gasteiger partial charge < -0.3 is 19.8 Å². The first-order valence-electron chi connectivity index (χ1n) is 11.3. The molecule has 2 N–H and O–H groups in total. The summed E-state index contributed by atoms with van der Waals surface area (Å²) < 4.78 is 10.6. The largest absolute Gasteiger partial charge is 0.493 e. The van der Waals surface area contributed by atoms with Gasteiger partial charge in [0.2, 0.25) is 5.91 Å². The van der Waals surface area contributed by atoms with Crippen LogP contribution in [0.4, 0.5) is 0 Å². The van der Waals surface area contributed by atoms with Crippen LogP contribution in [-0.4, -0.2) is 60.7 Å². The van der Waals surface area contributed by atoms with Gasteiger partial charge in [0.15, 0.2) is 11.5 Å². The number of ether oxygens (including phenoxy) is 2. The molecule has 1 aromatic heterocycles. The Kier molecular flexibility index (Phi) is 6.95. The first-order valence-corrected chi connectivity index (χ1v) is 11.3. The molecule has 1 aliphatic rings. The third-order valence-electron chi connectivity index (χ3n) is 6.41. The molecule has 1 aliphatic heterocycles. The maximum atomic E-state index is 12.7.